The summed E-state index contributed by atoms with van der Waals surface area (Å²) in [5, 5.41) is 8.39. The number of carbonyl (C=O) groups is 1. The van der Waals surface area contributed by atoms with E-state index in [2.05, 4.69) is 4.99 Å². The Morgan fingerprint density at radius 3 is 2.50 bits per heavy atom. The van der Waals surface area contributed by atoms with Crippen molar-refractivity contribution in [2.45, 2.75) is 6.42 Å². The van der Waals surface area contributed by atoms with Crippen LogP contribution in [-0.2, 0) is 4.79 Å². The van der Waals surface area contributed by atoms with E-state index in [9.17, 15) is 9.18 Å². The molecule has 0 fully saturated rings. The lowest BCUT2D eigenvalue weighted by molar-refractivity contribution is -0.135. The van der Waals surface area contributed by atoms with E-state index in [0.29, 0.717) is 5.69 Å². The summed E-state index contributed by atoms with van der Waals surface area (Å²) in [5.74, 6) is -1.43. The Labute approximate surface area is 79.9 Å². The van der Waals surface area contributed by atoms with Crippen LogP contribution in [0, 0.1) is 5.82 Å². The van der Waals surface area contributed by atoms with E-state index in [0.717, 1.165) is 0 Å². The molecular formula is C9H9FN2O2. The number of aliphatic imine (C=N–C) groups is 1. The molecule has 0 bridgehead atoms. The minimum absolute atomic E-state index is 0.0101. The topological polar surface area (TPSA) is 75.7 Å². The maximum absolute atomic E-state index is 12.5. The summed E-state index contributed by atoms with van der Waals surface area (Å²) >= 11 is 0. The lowest BCUT2D eigenvalue weighted by Gasteiger charge is -1.96. The summed E-state index contributed by atoms with van der Waals surface area (Å²) in [4.78, 5) is 14.0. The summed E-state index contributed by atoms with van der Waals surface area (Å²) in [6.07, 6.45) is -0.322. The lowest BCUT2D eigenvalue weighted by Crippen LogP contribution is -2.15. The molecule has 0 saturated carbocycles. The van der Waals surface area contributed by atoms with Gasteiger partial charge in [0.15, 0.2) is 0 Å². The molecule has 0 aliphatic carbocycles. The lowest BCUT2D eigenvalue weighted by atomic mass is 10.3. The van der Waals surface area contributed by atoms with Gasteiger partial charge in [-0.05, 0) is 24.3 Å². The fraction of sp³-hybridized carbons (Fsp3) is 0.111. The maximum atomic E-state index is 12.5. The number of benzene rings is 1. The highest BCUT2D eigenvalue weighted by Gasteiger charge is 2.00. The van der Waals surface area contributed by atoms with Crippen molar-refractivity contribution in [3.8, 4) is 0 Å². The SMILES string of the molecule is NC(CC(=O)O)=Nc1ccc(F)cc1. The maximum Gasteiger partial charge on any atom is 0.310 e. The van der Waals surface area contributed by atoms with Crippen LogP contribution in [0.25, 0.3) is 0 Å². The third kappa shape index (κ3) is 3.22. The van der Waals surface area contributed by atoms with Gasteiger partial charge in [0.2, 0.25) is 0 Å². The first kappa shape index (κ1) is 10.2. The predicted octanol–water partition coefficient (Wildman–Crippen LogP) is 1.29. The van der Waals surface area contributed by atoms with E-state index >= 15 is 0 Å². The molecule has 0 unspecified atom stereocenters. The van der Waals surface area contributed by atoms with Crippen molar-refractivity contribution >= 4 is 17.5 Å². The Bertz CT molecular complexity index is 360. The van der Waals surface area contributed by atoms with Gasteiger partial charge in [-0.15, -0.1) is 0 Å². The van der Waals surface area contributed by atoms with Crippen LogP contribution in [-0.4, -0.2) is 16.9 Å². The molecule has 5 heteroatoms. The van der Waals surface area contributed by atoms with Crippen LogP contribution in [0.3, 0.4) is 0 Å². The van der Waals surface area contributed by atoms with Gasteiger partial charge < -0.3 is 10.8 Å². The Morgan fingerprint density at radius 1 is 1.43 bits per heavy atom. The number of amidine groups is 1. The Balaban J connectivity index is 2.76. The molecule has 0 amide bonds. The average Bonchev–Trinajstić information content (AvgIpc) is 2.07. The first-order chi connectivity index (χ1) is 6.58. The van der Waals surface area contributed by atoms with Crippen molar-refractivity contribution in [1.29, 1.82) is 0 Å². The van der Waals surface area contributed by atoms with E-state index in [1.165, 1.54) is 24.3 Å². The Hall–Kier alpha value is -1.91. The van der Waals surface area contributed by atoms with Crippen molar-refractivity contribution in [2.24, 2.45) is 10.7 Å². The van der Waals surface area contributed by atoms with Gasteiger partial charge in [-0.1, -0.05) is 0 Å². The predicted molar refractivity (Wildman–Crippen MR) is 49.9 cm³/mol. The number of aliphatic carboxylic acids is 1. The number of rotatable bonds is 3. The third-order valence-electron chi connectivity index (χ3n) is 1.43. The molecule has 1 aromatic carbocycles. The van der Waals surface area contributed by atoms with E-state index in [1.807, 2.05) is 0 Å². The largest absolute Gasteiger partial charge is 0.481 e. The zero-order chi connectivity index (χ0) is 10.6. The number of hydrogen-bond acceptors (Lipinski definition) is 2. The Morgan fingerprint density at radius 2 is 2.00 bits per heavy atom. The van der Waals surface area contributed by atoms with Gasteiger partial charge in [-0.2, -0.15) is 0 Å². The van der Waals surface area contributed by atoms with Gasteiger partial charge in [0.1, 0.15) is 18.1 Å². The highest BCUT2D eigenvalue weighted by molar-refractivity contribution is 5.97. The van der Waals surface area contributed by atoms with E-state index in [-0.39, 0.29) is 18.1 Å². The van der Waals surface area contributed by atoms with Crippen molar-refractivity contribution in [1.82, 2.24) is 0 Å². The number of hydrogen-bond donors (Lipinski definition) is 2. The van der Waals surface area contributed by atoms with Gasteiger partial charge in [0.25, 0.3) is 0 Å². The molecule has 0 spiro atoms. The van der Waals surface area contributed by atoms with Gasteiger partial charge in [-0.25, -0.2) is 9.38 Å². The van der Waals surface area contributed by atoms with Crippen molar-refractivity contribution in [3.05, 3.63) is 30.1 Å². The highest BCUT2D eigenvalue weighted by atomic mass is 19.1. The first-order valence-electron chi connectivity index (χ1n) is 3.88. The van der Waals surface area contributed by atoms with Crippen molar-refractivity contribution in [2.75, 3.05) is 0 Å². The fourth-order valence-electron chi connectivity index (χ4n) is 0.876. The molecule has 4 nitrogen and oxygen atoms in total. The molecule has 0 aromatic heterocycles. The van der Waals surface area contributed by atoms with Gasteiger partial charge in [-0.3, -0.25) is 4.79 Å². The molecule has 0 aliphatic rings. The molecule has 3 N–H and O–H groups in total. The molecule has 1 rings (SSSR count). The van der Waals surface area contributed by atoms with Gasteiger partial charge in [0.05, 0.1) is 5.69 Å². The fourth-order valence-corrected chi connectivity index (χ4v) is 0.876. The molecule has 14 heavy (non-hydrogen) atoms. The molecule has 0 atom stereocenters. The van der Waals surface area contributed by atoms with Crippen LogP contribution in [0.4, 0.5) is 10.1 Å². The highest BCUT2D eigenvalue weighted by Crippen LogP contribution is 2.12. The second-order valence-electron chi connectivity index (χ2n) is 2.65. The van der Waals surface area contributed by atoms with Crippen molar-refractivity contribution < 1.29 is 14.3 Å². The summed E-state index contributed by atoms with van der Waals surface area (Å²) in [7, 11) is 0. The minimum Gasteiger partial charge on any atom is -0.481 e. The zero-order valence-electron chi connectivity index (χ0n) is 7.27. The summed E-state index contributed by atoms with van der Waals surface area (Å²) in [6, 6.07) is 5.30. The number of nitrogens with zero attached hydrogens (tertiary/aromatic N) is 1. The average molecular weight is 196 g/mol. The second-order valence-corrected chi connectivity index (χ2v) is 2.65. The Kier molecular flexibility index (Phi) is 3.17. The van der Waals surface area contributed by atoms with Crippen LogP contribution >= 0.6 is 0 Å². The monoisotopic (exact) mass is 196 g/mol. The number of carboxylic acids is 1. The molecule has 0 aliphatic heterocycles. The normalized spacial score (nSPS) is 11.4. The second kappa shape index (κ2) is 4.36. The summed E-state index contributed by atoms with van der Waals surface area (Å²) < 4.78 is 12.5. The van der Waals surface area contributed by atoms with E-state index < -0.39 is 5.97 Å². The van der Waals surface area contributed by atoms with E-state index in [4.69, 9.17) is 10.8 Å². The summed E-state index contributed by atoms with van der Waals surface area (Å²) in [6.45, 7) is 0. The van der Waals surface area contributed by atoms with Gasteiger partial charge >= 0.3 is 5.97 Å². The van der Waals surface area contributed by atoms with Crippen LogP contribution < -0.4 is 5.73 Å². The van der Waals surface area contributed by atoms with Gasteiger partial charge in [0, 0.05) is 0 Å². The van der Waals surface area contributed by atoms with E-state index in [1.54, 1.807) is 0 Å². The van der Waals surface area contributed by atoms with Crippen LogP contribution in [0.15, 0.2) is 29.3 Å². The number of halogens is 1. The van der Waals surface area contributed by atoms with Crippen LogP contribution in [0.1, 0.15) is 6.42 Å². The van der Waals surface area contributed by atoms with Crippen LogP contribution in [0.2, 0.25) is 0 Å². The smallest absolute Gasteiger partial charge is 0.310 e. The molecule has 74 valence electrons. The molecular weight excluding hydrogens is 187 g/mol. The summed E-state index contributed by atoms with van der Waals surface area (Å²) in [5.41, 5.74) is 5.76. The third-order valence-corrected chi connectivity index (χ3v) is 1.43. The standard InChI is InChI=1S/C9H9FN2O2/c10-6-1-3-7(4-2-6)12-8(11)5-9(13)14/h1-4H,5H2,(H2,11,12)(H,13,14). The first-order valence-corrected chi connectivity index (χ1v) is 3.88. The molecule has 0 saturated heterocycles. The zero-order valence-corrected chi connectivity index (χ0v) is 7.27. The molecule has 0 radical (unpaired) electrons. The number of nitrogens with two attached hydrogens (primary N) is 1. The number of carboxylic acid groups (broad SMARTS) is 1. The quantitative estimate of drug-likeness (QED) is 0.565. The van der Waals surface area contributed by atoms with Crippen LogP contribution in [0.5, 0.6) is 0 Å². The molecule has 0 heterocycles. The minimum atomic E-state index is -1.05. The van der Waals surface area contributed by atoms with Crippen molar-refractivity contribution in [3.63, 3.8) is 0 Å². The molecule has 1 aromatic rings.